The van der Waals surface area contributed by atoms with Gasteiger partial charge in [-0.2, -0.15) is 0 Å². The third kappa shape index (κ3) is 3.36. The van der Waals surface area contributed by atoms with Crippen LogP contribution >= 0.6 is 0 Å². The summed E-state index contributed by atoms with van der Waals surface area (Å²) in [5, 5.41) is 0. The first-order valence-corrected chi connectivity index (χ1v) is 11.4. The summed E-state index contributed by atoms with van der Waals surface area (Å²) in [4.78, 5) is 55.4. The Hall–Kier alpha value is -3.68. The lowest BCUT2D eigenvalue weighted by Gasteiger charge is -2.36. The van der Waals surface area contributed by atoms with Crippen LogP contribution in [0.4, 0.5) is 0 Å². The van der Waals surface area contributed by atoms with E-state index in [1.165, 1.54) is 7.11 Å². The Morgan fingerprint density at radius 3 is 2.32 bits per heavy atom. The van der Waals surface area contributed by atoms with Crippen LogP contribution in [0.1, 0.15) is 57.8 Å². The Kier molecular flexibility index (Phi) is 5.19. The molecule has 0 saturated carbocycles. The van der Waals surface area contributed by atoms with Crippen LogP contribution in [-0.2, 0) is 4.79 Å². The topological polar surface area (TPSA) is 93.2 Å². The standard InChI is InChI=1S/C26H26N2O6/c1-15(2)22(28-23(30)17-6-4-5-7-18(17)24(28)31)25(32)27-11-10-26(14-27)13-20(29)19-12-16(33-3)8-9-21(19)34-26/h4-9,12,15,22H,10-11,13-14H2,1-3H3. The number of imide groups is 1. The van der Waals surface area contributed by atoms with E-state index in [9.17, 15) is 19.2 Å². The van der Waals surface area contributed by atoms with Crippen molar-refractivity contribution in [1.82, 2.24) is 9.80 Å². The molecule has 0 N–H and O–H groups in total. The molecule has 1 spiro atoms. The van der Waals surface area contributed by atoms with Gasteiger partial charge < -0.3 is 14.4 Å². The van der Waals surface area contributed by atoms with Crippen LogP contribution in [0.2, 0.25) is 0 Å². The van der Waals surface area contributed by atoms with E-state index in [1.807, 2.05) is 13.8 Å². The van der Waals surface area contributed by atoms with Gasteiger partial charge in [0, 0.05) is 13.0 Å². The molecule has 3 heterocycles. The van der Waals surface area contributed by atoms with Crippen LogP contribution in [0.15, 0.2) is 42.5 Å². The maximum Gasteiger partial charge on any atom is 0.262 e. The van der Waals surface area contributed by atoms with E-state index < -0.39 is 23.5 Å². The molecule has 1 fully saturated rings. The van der Waals surface area contributed by atoms with E-state index in [1.54, 1.807) is 47.4 Å². The minimum atomic E-state index is -0.932. The van der Waals surface area contributed by atoms with Crippen LogP contribution < -0.4 is 9.47 Å². The molecule has 2 aromatic carbocycles. The van der Waals surface area contributed by atoms with Gasteiger partial charge in [-0.1, -0.05) is 26.0 Å². The minimum Gasteiger partial charge on any atom is -0.497 e. The summed E-state index contributed by atoms with van der Waals surface area (Å²) in [5.74, 6) is -0.494. The number of hydrogen-bond acceptors (Lipinski definition) is 6. The van der Waals surface area contributed by atoms with E-state index in [0.29, 0.717) is 41.2 Å². The number of hydrogen-bond donors (Lipinski definition) is 0. The van der Waals surface area contributed by atoms with Crippen molar-refractivity contribution in [2.45, 2.75) is 38.3 Å². The summed E-state index contributed by atoms with van der Waals surface area (Å²) in [6.07, 6.45) is 0.638. The van der Waals surface area contributed by atoms with Crippen molar-refractivity contribution in [3.8, 4) is 11.5 Å². The fourth-order valence-corrected chi connectivity index (χ4v) is 5.20. The smallest absolute Gasteiger partial charge is 0.262 e. The predicted octanol–water partition coefficient (Wildman–Crippen LogP) is 2.95. The molecule has 8 heteroatoms. The first kappa shape index (κ1) is 22.1. The molecule has 0 aliphatic carbocycles. The Bertz CT molecular complexity index is 1190. The number of amides is 3. The van der Waals surface area contributed by atoms with Crippen molar-refractivity contribution >= 4 is 23.5 Å². The molecule has 2 unspecified atom stereocenters. The molecule has 8 nitrogen and oxygen atoms in total. The maximum absolute atomic E-state index is 13.7. The molecular weight excluding hydrogens is 436 g/mol. The highest BCUT2D eigenvalue weighted by Crippen LogP contribution is 2.40. The number of nitrogens with zero attached hydrogens (tertiary/aromatic N) is 2. The lowest BCUT2D eigenvalue weighted by molar-refractivity contribution is -0.136. The Morgan fingerprint density at radius 1 is 1.03 bits per heavy atom. The summed E-state index contributed by atoms with van der Waals surface area (Å²) in [6, 6.07) is 10.8. The number of ketones is 1. The normalized spacial score (nSPS) is 22.2. The first-order valence-electron chi connectivity index (χ1n) is 11.4. The number of Topliss-reactive ketones (excluding diaryl/α,β-unsaturated/α-hetero) is 1. The maximum atomic E-state index is 13.7. The Morgan fingerprint density at radius 2 is 1.71 bits per heavy atom. The number of methoxy groups -OCH3 is 1. The predicted molar refractivity (Wildman–Crippen MR) is 122 cm³/mol. The molecule has 0 aromatic heterocycles. The summed E-state index contributed by atoms with van der Waals surface area (Å²) in [7, 11) is 1.54. The first-order chi connectivity index (χ1) is 16.2. The molecule has 0 bridgehead atoms. The van der Waals surface area contributed by atoms with Crippen molar-refractivity contribution < 1.29 is 28.7 Å². The molecule has 34 heavy (non-hydrogen) atoms. The molecule has 2 atom stereocenters. The zero-order valence-corrected chi connectivity index (χ0v) is 19.4. The summed E-state index contributed by atoms with van der Waals surface area (Å²) in [6.45, 7) is 4.24. The molecule has 3 aliphatic heterocycles. The molecule has 3 aliphatic rings. The van der Waals surface area contributed by atoms with Gasteiger partial charge in [-0.05, 0) is 36.2 Å². The number of fused-ring (bicyclic) bond motifs is 2. The average molecular weight is 463 g/mol. The summed E-state index contributed by atoms with van der Waals surface area (Å²) in [5.41, 5.74) is 0.285. The minimum absolute atomic E-state index is 0.0600. The van der Waals surface area contributed by atoms with Gasteiger partial charge in [-0.15, -0.1) is 0 Å². The third-order valence-electron chi connectivity index (χ3n) is 6.91. The zero-order valence-electron chi connectivity index (χ0n) is 19.4. The number of benzene rings is 2. The summed E-state index contributed by atoms with van der Waals surface area (Å²) < 4.78 is 11.5. The van der Waals surface area contributed by atoms with Crippen molar-refractivity contribution in [3.63, 3.8) is 0 Å². The molecule has 1 saturated heterocycles. The van der Waals surface area contributed by atoms with Gasteiger partial charge in [0.1, 0.15) is 23.1 Å². The van der Waals surface area contributed by atoms with Crippen LogP contribution in [0.25, 0.3) is 0 Å². The van der Waals surface area contributed by atoms with E-state index >= 15 is 0 Å². The van der Waals surface area contributed by atoms with Crippen molar-refractivity contribution in [2.75, 3.05) is 20.2 Å². The summed E-state index contributed by atoms with van der Waals surface area (Å²) >= 11 is 0. The molecular formula is C26H26N2O6. The average Bonchev–Trinajstić information content (AvgIpc) is 3.33. The SMILES string of the molecule is COc1ccc2c(c1)C(=O)CC1(CCN(C(=O)C(C(C)C)N3C(=O)c4ccccc4C3=O)C1)O2. The fraction of sp³-hybridized carbons (Fsp3) is 0.385. The van der Waals surface area contributed by atoms with Gasteiger partial charge in [0.15, 0.2) is 5.78 Å². The molecule has 0 radical (unpaired) electrons. The quantitative estimate of drug-likeness (QED) is 0.649. The van der Waals surface area contributed by atoms with Crippen LogP contribution in [0, 0.1) is 5.92 Å². The highest BCUT2D eigenvalue weighted by molar-refractivity contribution is 6.22. The van der Waals surface area contributed by atoms with Crippen LogP contribution in [0.5, 0.6) is 11.5 Å². The van der Waals surface area contributed by atoms with E-state index in [-0.39, 0.29) is 30.6 Å². The van der Waals surface area contributed by atoms with Gasteiger partial charge in [0.05, 0.1) is 36.8 Å². The molecule has 3 amide bonds. The van der Waals surface area contributed by atoms with Crippen LogP contribution in [-0.4, -0.2) is 65.1 Å². The number of likely N-dealkylation sites (tertiary alicyclic amines) is 1. The lowest BCUT2D eigenvalue weighted by atomic mass is 9.89. The highest BCUT2D eigenvalue weighted by atomic mass is 16.5. The second kappa shape index (κ2) is 7.97. The second-order valence-corrected chi connectivity index (χ2v) is 9.47. The van der Waals surface area contributed by atoms with Gasteiger partial charge in [0.2, 0.25) is 5.91 Å². The molecule has 176 valence electrons. The van der Waals surface area contributed by atoms with Crippen molar-refractivity contribution in [1.29, 1.82) is 0 Å². The van der Waals surface area contributed by atoms with Gasteiger partial charge >= 0.3 is 0 Å². The van der Waals surface area contributed by atoms with Crippen molar-refractivity contribution in [2.24, 2.45) is 5.92 Å². The Balaban J connectivity index is 1.39. The third-order valence-corrected chi connectivity index (χ3v) is 6.91. The Labute approximate surface area is 197 Å². The van der Waals surface area contributed by atoms with E-state index in [0.717, 1.165) is 4.90 Å². The molecule has 5 rings (SSSR count). The van der Waals surface area contributed by atoms with Gasteiger partial charge in [-0.25, -0.2) is 0 Å². The number of ether oxygens (including phenoxy) is 2. The molecule has 2 aromatic rings. The zero-order chi connectivity index (χ0) is 24.2. The number of carbonyl (C=O) groups is 4. The monoisotopic (exact) mass is 462 g/mol. The van der Waals surface area contributed by atoms with E-state index in [2.05, 4.69) is 0 Å². The second-order valence-electron chi connectivity index (χ2n) is 9.47. The van der Waals surface area contributed by atoms with E-state index in [4.69, 9.17) is 9.47 Å². The number of rotatable bonds is 4. The largest absolute Gasteiger partial charge is 0.497 e. The van der Waals surface area contributed by atoms with Crippen LogP contribution in [0.3, 0.4) is 0 Å². The highest BCUT2D eigenvalue weighted by Gasteiger charge is 2.51. The number of carbonyl (C=O) groups excluding carboxylic acids is 4. The van der Waals surface area contributed by atoms with Crippen molar-refractivity contribution in [3.05, 3.63) is 59.2 Å². The fourth-order valence-electron chi connectivity index (χ4n) is 5.20. The lowest BCUT2D eigenvalue weighted by Crippen LogP contribution is -2.54. The van der Waals surface area contributed by atoms with Gasteiger partial charge in [-0.3, -0.25) is 24.1 Å². The van der Waals surface area contributed by atoms with Gasteiger partial charge in [0.25, 0.3) is 11.8 Å².